The molecular formula is C19H14S2. The molecule has 2 aromatic heterocycles. The largest absolute Gasteiger partial charge is 0.141 e. The lowest BCUT2D eigenvalue weighted by molar-refractivity contribution is 1.29. The maximum Gasteiger partial charge on any atom is 0.0351 e. The van der Waals surface area contributed by atoms with Crippen LogP contribution in [0.4, 0.5) is 0 Å². The minimum absolute atomic E-state index is 1.09. The summed E-state index contributed by atoms with van der Waals surface area (Å²) in [6, 6.07) is 14.1. The molecule has 0 nitrogen and oxygen atoms in total. The summed E-state index contributed by atoms with van der Waals surface area (Å²) in [5, 5.41) is 2.87. The van der Waals surface area contributed by atoms with Crippen molar-refractivity contribution in [2.24, 2.45) is 0 Å². The van der Waals surface area contributed by atoms with Gasteiger partial charge in [0.05, 0.1) is 0 Å². The first-order valence-electron chi connectivity index (χ1n) is 7.24. The summed E-state index contributed by atoms with van der Waals surface area (Å²) in [5.41, 5.74) is 5.92. The molecule has 0 N–H and O–H groups in total. The van der Waals surface area contributed by atoms with Crippen LogP contribution >= 0.6 is 22.7 Å². The van der Waals surface area contributed by atoms with E-state index in [0.29, 0.717) is 0 Å². The number of thiophene rings is 2. The van der Waals surface area contributed by atoms with Crippen LogP contribution in [0.2, 0.25) is 0 Å². The molecule has 0 saturated carbocycles. The Morgan fingerprint density at radius 3 is 2.52 bits per heavy atom. The topological polar surface area (TPSA) is 0 Å². The van der Waals surface area contributed by atoms with E-state index in [2.05, 4.69) is 50.2 Å². The van der Waals surface area contributed by atoms with Gasteiger partial charge in [0, 0.05) is 19.2 Å². The smallest absolute Gasteiger partial charge is 0.0351 e. The predicted molar refractivity (Wildman–Crippen MR) is 94.9 cm³/mol. The van der Waals surface area contributed by atoms with Crippen molar-refractivity contribution in [1.82, 2.24) is 0 Å². The molecule has 2 heterocycles. The normalized spacial score (nSPS) is 13.0. The molecule has 0 spiro atoms. The minimum atomic E-state index is 1.09. The molecular weight excluding hydrogens is 292 g/mol. The van der Waals surface area contributed by atoms with Gasteiger partial charge in [-0.25, -0.2) is 0 Å². The molecule has 0 aliphatic heterocycles. The summed E-state index contributed by atoms with van der Waals surface area (Å²) in [7, 11) is 0. The van der Waals surface area contributed by atoms with Gasteiger partial charge >= 0.3 is 0 Å². The zero-order valence-electron chi connectivity index (χ0n) is 12.0. The predicted octanol–water partition coefficient (Wildman–Crippen LogP) is 6.30. The van der Waals surface area contributed by atoms with Crippen LogP contribution in [-0.4, -0.2) is 0 Å². The summed E-state index contributed by atoms with van der Waals surface area (Å²) in [4.78, 5) is 2.81. The van der Waals surface area contributed by atoms with Crippen LogP contribution < -0.4 is 0 Å². The van der Waals surface area contributed by atoms with E-state index in [1.54, 1.807) is 0 Å². The third kappa shape index (κ3) is 1.60. The second kappa shape index (κ2) is 3.96. The van der Waals surface area contributed by atoms with Crippen LogP contribution in [0.15, 0.2) is 36.4 Å². The van der Waals surface area contributed by atoms with Crippen molar-refractivity contribution in [1.29, 1.82) is 0 Å². The molecule has 0 unspecified atom stereocenters. The number of benzene rings is 2. The van der Waals surface area contributed by atoms with E-state index >= 15 is 0 Å². The zero-order valence-corrected chi connectivity index (χ0v) is 13.6. The van der Waals surface area contributed by atoms with Crippen LogP contribution in [0.25, 0.3) is 31.3 Å². The molecule has 0 radical (unpaired) electrons. The van der Waals surface area contributed by atoms with Gasteiger partial charge in [0.25, 0.3) is 0 Å². The van der Waals surface area contributed by atoms with E-state index in [9.17, 15) is 0 Å². The molecule has 1 aliphatic carbocycles. The van der Waals surface area contributed by atoms with Crippen LogP contribution in [0.5, 0.6) is 0 Å². The van der Waals surface area contributed by atoms with Gasteiger partial charge in [0.2, 0.25) is 0 Å². The number of hydrogen-bond donors (Lipinski definition) is 0. The van der Waals surface area contributed by atoms with Crippen molar-refractivity contribution in [3.8, 4) is 11.1 Å². The Labute approximate surface area is 131 Å². The van der Waals surface area contributed by atoms with E-state index in [1.807, 2.05) is 22.7 Å². The van der Waals surface area contributed by atoms with E-state index in [1.165, 1.54) is 52.2 Å². The second-order valence-electron chi connectivity index (χ2n) is 5.94. The number of aryl methyl sites for hydroxylation is 2. The quantitative estimate of drug-likeness (QED) is 0.315. The summed E-state index contributed by atoms with van der Waals surface area (Å²) >= 11 is 3.81. The Morgan fingerprint density at radius 2 is 1.62 bits per heavy atom. The Balaban J connectivity index is 1.84. The molecule has 21 heavy (non-hydrogen) atoms. The third-order valence-electron chi connectivity index (χ3n) is 4.46. The number of rotatable bonds is 0. The van der Waals surface area contributed by atoms with Gasteiger partial charge in [-0.05, 0) is 83.6 Å². The molecule has 0 bridgehead atoms. The lowest BCUT2D eigenvalue weighted by Gasteiger charge is -2.02. The average molecular weight is 306 g/mol. The standard InChI is InChI=1S/C19H14S2/c1-10-5-13-7-12-8-16-14(15(12)9-19(13)21-10)3-4-18-17(16)6-11(2)20-18/h3-7,9H,8H2,1-2H3. The Morgan fingerprint density at radius 1 is 0.810 bits per heavy atom. The maximum atomic E-state index is 2.40. The highest BCUT2D eigenvalue weighted by molar-refractivity contribution is 7.19. The van der Waals surface area contributed by atoms with E-state index in [4.69, 9.17) is 0 Å². The van der Waals surface area contributed by atoms with Crippen molar-refractivity contribution >= 4 is 42.8 Å². The summed E-state index contributed by atoms with van der Waals surface area (Å²) in [6.07, 6.45) is 1.09. The Bertz CT molecular complexity index is 1030. The summed E-state index contributed by atoms with van der Waals surface area (Å²) in [6.45, 7) is 4.40. The van der Waals surface area contributed by atoms with Crippen molar-refractivity contribution in [3.05, 3.63) is 57.3 Å². The highest BCUT2D eigenvalue weighted by atomic mass is 32.1. The Kier molecular flexibility index (Phi) is 2.26. The van der Waals surface area contributed by atoms with Crippen LogP contribution in [-0.2, 0) is 6.42 Å². The fraction of sp³-hybridized carbons (Fsp3) is 0.158. The lowest BCUT2D eigenvalue weighted by Crippen LogP contribution is -1.80. The van der Waals surface area contributed by atoms with E-state index in [0.717, 1.165) is 6.42 Å². The zero-order chi connectivity index (χ0) is 14.1. The molecule has 0 fully saturated rings. The number of hydrogen-bond acceptors (Lipinski definition) is 2. The first-order valence-corrected chi connectivity index (χ1v) is 8.88. The first kappa shape index (κ1) is 12.0. The molecule has 5 rings (SSSR count). The van der Waals surface area contributed by atoms with Crippen molar-refractivity contribution in [2.75, 3.05) is 0 Å². The van der Waals surface area contributed by atoms with E-state index < -0.39 is 0 Å². The highest BCUT2D eigenvalue weighted by Crippen LogP contribution is 2.44. The van der Waals surface area contributed by atoms with Crippen LogP contribution in [0.1, 0.15) is 20.9 Å². The molecule has 2 aromatic carbocycles. The van der Waals surface area contributed by atoms with Gasteiger partial charge in [-0.1, -0.05) is 6.07 Å². The van der Waals surface area contributed by atoms with Crippen molar-refractivity contribution < 1.29 is 0 Å². The first-order chi connectivity index (χ1) is 10.2. The summed E-state index contributed by atoms with van der Waals surface area (Å²) in [5.74, 6) is 0. The van der Waals surface area contributed by atoms with Crippen molar-refractivity contribution in [3.63, 3.8) is 0 Å². The molecule has 0 saturated heterocycles. The SMILES string of the molecule is Cc1cc2cc3c(cc2s1)-c1ccc2sc(C)cc2c1C3. The van der Waals surface area contributed by atoms with Gasteiger partial charge in [-0.2, -0.15) is 0 Å². The van der Waals surface area contributed by atoms with Gasteiger partial charge in [0.15, 0.2) is 0 Å². The maximum absolute atomic E-state index is 2.40. The highest BCUT2D eigenvalue weighted by Gasteiger charge is 2.22. The third-order valence-corrected chi connectivity index (χ3v) is 6.49. The molecule has 1 aliphatic rings. The fourth-order valence-corrected chi connectivity index (χ4v) is 5.49. The lowest BCUT2D eigenvalue weighted by atomic mass is 10.0. The van der Waals surface area contributed by atoms with Crippen LogP contribution in [0.3, 0.4) is 0 Å². The number of fused-ring (bicyclic) bond motifs is 6. The fourth-order valence-electron chi connectivity index (χ4n) is 3.59. The van der Waals surface area contributed by atoms with Gasteiger partial charge in [0.1, 0.15) is 0 Å². The molecule has 102 valence electrons. The van der Waals surface area contributed by atoms with Gasteiger partial charge < -0.3 is 0 Å². The average Bonchev–Trinajstić information content (AvgIpc) is 3.08. The summed E-state index contributed by atoms with van der Waals surface area (Å²) < 4.78 is 2.84. The van der Waals surface area contributed by atoms with E-state index in [-0.39, 0.29) is 0 Å². The van der Waals surface area contributed by atoms with Gasteiger partial charge in [-0.15, -0.1) is 22.7 Å². The monoisotopic (exact) mass is 306 g/mol. The Hall–Kier alpha value is -1.64. The molecule has 4 aromatic rings. The van der Waals surface area contributed by atoms with Crippen LogP contribution in [0, 0.1) is 13.8 Å². The molecule has 2 heteroatoms. The minimum Gasteiger partial charge on any atom is -0.141 e. The van der Waals surface area contributed by atoms with Crippen molar-refractivity contribution in [2.45, 2.75) is 20.3 Å². The second-order valence-corrected chi connectivity index (χ2v) is 8.52. The molecule has 0 atom stereocenters. The van der Waals surface area contributed by atoms with Gasteiger partial charge in [-0.3, -0.25) is 0 Å². The molecule has 0 amide bonds.